The normalized spacial score (nSPS) is 17.0. The van der Waals surface area contributed by atoms with Crippen LogP contribution in [0, 0.1) is 0 Å². The molecule has 0 radical (unpaired) electrons. The summed E-state index contributed by atoms with van der Waals surface area (Å²) >= 11 is 6.28. The van der Waals surface area contributed by atoms with Crippen LogP contribution >= 0.6 is 11.6 Å². The molecule has 1 unspecified atom stereocenters. The van der Waals surface area contributed by atoms with Gasteiger partial charge in [0.05, 0.1) is 33.9 Å². The molecular weight excluding hydrogens is 360 g/mol. The molecule has 136 valence electrons. The van der Waals surface area contributed by atoms with Gasteiger partial charge >= 0.3 is 0 Å². The number of aromatic nitrogens is 3. The molecule has 1 aliphatic rings. The third kappa shape index (κ3) is 3.13. The highest BCUT2D eigenvalue weighted by molar-refractivity contribution is 6.31. The van der Waals surface area contributed by atoms with Crippen molar-refractivity contribution >= 4 is 39.2 Å². The van der Waals surface area contributed by atoms with E-state index in [1.54, 1.807) is 0 Å². The largest absolute Gasteiger partial charge is 0.381 e. The zero-order chi connectivity index (χ0) is 18.2. The number of imidazole rings is 1. The van der Waals surface area contributed by atoms with E-state index in [1.807, 2.05) is 48.7 Å². The van der Waals surface area contributed by atoms with Crippen molar-refractivity contribution in [1.29, 1.82) is 0 Å². The summed E-state index contributed by atoms with van der Waals surface area (Å²) in [7, 11) is 0. The van der Waals surface area contributed by atoms with Crippen LogP contribution in [-0.2, 0) is 4.74 Å². The summed E-state index contributed by atoms with van der Waals surface area (Å²) in [5, 5.41) is 5.26. The molecule has 0 amide bonds. The summed E-state index contributed by atoms with van der Waals surface area (Å²) in [5.74, 6) is 0.792. The van der Waals surface area contributed by atoms with Gasteiger partial charge in [-0.25, -0.2) is 4.98 Å². The van der Waals surface area contributed by atoms with Crippen LogP contribution < -0.4 is 5.32 Å². The van der Waals surface area contributed by atoms with E-state index in [-0.39, 0.29) is 6.10 Å². The number of pyridine rings is 1. The number of anilines is 1. The first-order valence-corrected chi connectivity index (χ1v) is 9.54. The molecule has 0 bridgehead atoms. The van der Waals surface area contributed by atoms with Crippen molar-refractivity contribution in [3.8, 4) is 11.4 Å². The Morgan fingerprint density at radius 1 is 1.19 bits per heavy atom. The van der Waals surface area contributed by atoms with Crippen LogP contribution in [0.2, 0.25) is 5.02 Å². The number of nitrogens with one attached hydrogen (secondary N) is 2. The topological polar surface area (TPSA) is 62.8 Å². The molecule has 5 nitrogen and oxygen atoms in total. The number of aromatic amines is 1. The number of nitrogens with zero attached hydrogens (tertiary/aromatic N) is 2. The number of H-pyrrole nitrogens is 1. The minimum Gasteiger partial charge on any atom is -0.381 e. The maximum Gasteiger partial charge on any atom is 0.142 e. The number of ether oxygens (including phenoxy) is 1. The summed E-state index contributed by atoms with van der Waals surface area (Å²) < 4.78 is 5.78. The highest BCUT2D eigenvalue weighted by Crippen LogP contribution is 2.34. The minimum atomic E-state index is 0.232. The molecule has 1 aliphatic heterocycles. The Morgan fingerprint density at radius 2 is 2.11 bits per heavy atom. The fourth-order valence-corrected chi connectivity index (χ4v) is 3.81. The second-order valence-electron chi connectivity index (χ2n) is 6.83. The zero-order valence-electron chi connectivity index (χ0n) is 14.7. The predicted molar refractivity (Wildman–Crippen MR) is 109 cm³/mol. The molecular formula is C21H19ClN4O. The van der Waals surface area contributed by atoms with Crippen LogP contribution in [0.1, 0.15) is 12.8 Å². The molecule has 2 N–H and O–H groups in total. The number of hydrogen-bond donors (Lipinski definition) is 2. The summed E-state index contributed by atoms with van der Waals surface area (Å²) in [6.45, 7) is 1.59. The molecule has 3 heterocycles. The zero-order valence-corrected chi connectivity index (χ0v) is 15.5. The van der Waals surface area contributed by atoms with Crippen molar-refractivity contribution < 1.29 is 4.74 Å². The monoisotopic (exact) mass is 378 g/mol. The molecule has 1 atom stereocenters. The standard InChI is InChI=1S/C21H19ClN4O/c22-13-7-8-17-15(10-13)20(24-11-14-4-3-9-27-14)16(12-23-17)21-25-18-5-1-2-6-19(18)26-21/h1-2,5-8,10,12,14H,3-4,9,11H2,(H,23,24)(H,25,26). The van der Waals surface area contributed by atoms with Gasteiger partial charge in [-0.15, -0.1) is 0 Å². The molecule has 6 heteroatoms. The molecule has 2 aromatic heterocycles. The van der Waals surface area contributed by atoms with E-state index in [1.165, 1.54) is 0 Å². The van der Waals surface area contributed by atoms with Crippen LogP contribution in [0.4, 0.5) is 5.69 Å². The summed E-state index contributed by atoms with van der Waals surface area (Å²) in [5.41, 5.74) is 4.75. The van der Waals surface area contributed by atoms with Crippen LogP contribution in [0.15, 0.2) is 48.7 Å². The first-order valence-electron chi connectivity index (χ1n) is 9.17. The Labute approximate surface area is 161 Å². The fraction of sp³-hybridized carbons (Fsp3) is 0.238. The Balaban J connectivity index is 1.64. The predicted octanol–water partition coefficient (Wildman–Crippen LogP) is 5.02. The van der Waals surface area contributed by atoms with Crippen molar-refractivity contribution in [3.05, 3.63) is 53.7 Å². The van der Waals surface area contributed by atoms with E-state index in [9.17, 15) is 0 Å². The van der Waals surface area contributed by atoms with Gasteiger partial charge in [0, 0.05) is 29.8 Å². The van der Waals surface area contributed by atoms with Crippen molar-refractivity contribution in [2.75, 3.05) is 18.5 Å². The highest BCUT2D eigenvalue weighted by atomic mass is 35.5. The number of hydrogen-bond acceptors (Lipinski definition) is 4. The first kappa shape index (κ1) is 16.5. The van der Waals surface area contributed by atoms with Crippen LogP contribution in [0.5, 0.6) is 0 Å². The number of halogens is 1. The molecule has 0 aliphatic carbocycles. The average Bonchev–Trinajstić information content (AvgIpc) is 3.35. The van der Waals surface area contributed by atoms with E-state index in [0.29, 0.717) is 5.02 Å². The SMILES string of the molecule is Clc1ccc2ncc(-c3nc4ccccc4[nH]3)c(NCC3CCCO3)c2c1. The smallest absolute Gasteiger partial charge is 0.142 e. The van der Waals surface area contributed by atoms with Crippen LogP contribution in [0.25, 0.3) is 33.3 Å². The Hall–Kier alpha value is -2.63. The van der Waals surface area contributed by atoms with Crippen LogP contribution in [-0.4, -0.2) is 34.2 Å². The minimum absolute atomic E-state index is 0.232. The quantitative estimate of drug-likeness (QED) is 0.523. The Morgan fingerprint density at radius 3 is 2.96 bits per heavy atom. The van der Waals surface area contributed by atoms with Crippen molar-refractivity contribution in [2.24, 2.45) is 0 Å². The van der Waals surface area contributed by atoms with E-state index >= 15 is 0 Å². The van der Waals surface area contributed by atoms with E-state index in [4.69, 9.17) is 21.3 Å². The Bertz CT molecular complexity index is 1080. The summed E-state index contributed by atoms with van der Waals surface area (Å²) in [4.78, 5) is 12.8. The van der Waals surface area contributed by atoms with Gasteiger partial charge in [-0.1, -0.05) is 23.7 Å². The van der Waals surface area contributed by atoms with Gasteiger partial charge in [0.2, 0.25) is 0 Å². The lowest BCUT2D eigenvalue weighted by molar-refractivity contribution is 0.120. The number of fused-ring (bicyclic) bond motifs is 2. The summed E-state index contributed by atoms with van der Waals surface area (Å²) in [6.07, 6.45) is 4.30. The van der Waals surface area contributed by atoms with E-state index in [2.05, 4.69) is 15.3 Å². The van der Waals surface area contributed by atoms with Gasteiger partial charge in [0.1, 0.15) is 5.82 Å². The second kappa shape index (κ2) is 6.83. The van der Waals surface area contributed by atoms with Crippen LogP contribution in [0.3, 0.4) is 0 Å². The summed E-state index contributed by atoms with van der Waals surface area (Å²) in [6, 6.07) is 13.8. The molecule has 1 saturated heterocycles. The maximum absolute atomic E-state index is 6.28. The third-order valence-corrected chi connectivity index (χ3v) is 5.24. The lowest BCUT2D eigenvalue weighted by atomic mass is 10.1. The van der Waals surface area contributed by atoms with Gasteiger partial charge < -0.3 is 15.0 Å². The first-order chi connectivity index (χ1) is 13.3. The van der Waals surface area contributed by atoms with Crippen molar-refractivity contribution in [3.63, 3.8) is 0 Å². The van der Waals surface area contributed by atoms with Crippen molar-refractivity contribution in [1.82, 2.24) is 15.0 Å². The van der Waals surface area contributed by atoms with E-state index < -0.39 is 0 Å². The van der Waals surface area contributed by atoms with Gasteiger partial charge in [-0.3, -0.25) is 4.98 Å². The third-order valence-electron chi connectivity index (χ3n) is 5.01. The molecule has 4 aromatic rings. The van der Waals surface area contributed by atoms with E-state index in [0.717, 1.165) is 65.0 Å². The van der Waals surface area contributed by atoms with Gasteiger partial charge in [-0.05, 0) is 43.2 Å². The molecule has 5 rings (SSSR count). The Kier molecular flexibility index (Phi) is 4.19. The molecule has 27 heavy (non-hydrogen) atoms. The lowest BCUT2D eigenvalue weighted by Gasteiger charge is -2.16. The number of para-hydroxylation sites is 2. The second-order valence-corrected chi connectivity index (χ2v) is 7.26. The van der Waals surface area contributed by atoms with Gasteiger partial charge in [0.15, 0.2) is 0 Å². The van der Waals surface area contributed by atoms with Gasteiger partial charge in [-0.2, -0.15) is 0 Å². The van der Waals surface area contributed by atoms with Gasteiger partial charge in [0.25, 0.3) is 0 Å². The van der Waals surface area contributed by atoms with Crippen molar-refractivity contribution in [2.45, 2.75) is 18.9 Å². The number of benzene rings is 2. The molecule has 1 fully saturated rings. The molecule has 0 spiro atoms. The molecule has 2 aromatic carbocycles. The lowest BCUT2D eigenvalue weighted by Crippen LogP contribution is -2.19. The maximum atomic E-state index is 6.28. The number of rotatable bonds is 4. The highest BCUT2D eigenvalue weighted by Gasteiger charge is 2.19. The molecule has 0 saturated carbocycles. The fourth-order valence-electron chi connectivity index (χ4n) is 3.64. The average molecular weight is 379 g/mol.